The standard InChI is InChI=1S/C13H18N2O2/c14-12(8-10-4-2-1-3-5-10)13(17)15-7-6-11(16)9-15/h1-5,11-12,16H,6-9,14H2/t11?,12-/m1/s1. The van der Waals surface area contributed by atoms with E-state index in [4.69, 9.17) is 5.73 Å². The number of likely N-dealkylation sites (tertiary alicyclic amines) is 1. The van der Waals surface area contributed by atoms with Gasteiger partial charge in [0.05, 0.1) is 12.1 Å². The van der Waals surface area contributed by atoms with Crippen LogP contribution in [-0.2, 0) is 11.2 Å². The lowest BCUT2D eigenvalue weighted by Gasteiger charge is -2.20. The number of hydrogen-bond acceptors (Lipinski definition) is 3. The van der Waals surface area contributed by atoms with E-state index >= 15 is 0 Å². The second-order valence-corrected chi connectivity index (χ2v) is 4.52. The van der Waals surface area contributed by atoms with Gasteiger partial charge >= 0.3 is 0 Å². The van der Waals surface area contributed by atoms with Gasteiger partial charge in [0.25, 0.3) is 0 Å². The smallest absolute Gasteiger partial charge is 0.239 e. The summed E-state index contributed by atoms with van der Waals surface area (Å²) < 4.78 is 0. The highest BCUT2D eigenvalue weighted by atomic mass is 16.3. The molecule has 1 amide bonds. The summed E-state index contributed by atoms with van der Waals surface area (Å²) in [4.78, 5) is 13.6. The maximum absolute atomic E-state index is 12.0. The molecule has 1 fully saturated rings. The Morgan fingerprint density at radius 1 is 1.47 bits per heavy atom. The number of benzene rings is 1. The number of amides is 1. The highest BCUT2D eigenvalue weighted by Gasteiger charge is 2.27. The second kappa shape index (κ2) is 5.29. The van der Waals surface area contributed by atoms with Crippen LogP contribution in [0.2, 0.25) is 0 Å². The fourth-order valence-electron chi connectivity index (χ4n) is 2.13. The number of aliphatic hydroxyl groups is 1. The van der Waals surface area contributed by atoms with Gasteiger partial charge in [0, 0.05) is 13.1 Å². The Kier molecular flexibility index (Phi) is 3.76. The Balaban J connectivity index is 1.92. The van der Waals surface area contributed by atoms with Gasteiger partial charge in [-0.25, -0.2) is 0 Å². The van der Waals surface area contributed by atoms with Gasteiger partial charge in [-0.1, -0.05) is 30.3 Å². The fraction of sp³-hybridized carbons (Fsp3) is 0.462. The van der Waals surface area contributed by atoms with Gasteiger partial charge in [-0.3, -0.25) is 4.79 Å². The minimum atomic E-state index is -0.511. The Morgan fingerprint density at radius 2 is 2.18 bits per heavy atom. The summed E-state index contributed by atoms with van der Waals surface area (Å²) in [5.74, 6) is -0.0644. The molecule has 0 aromatic heterocycles. The Labute approximate surface area is 101 Å². The first kappa shape index (κ1) is 12.1. The van der Waals surface area contributed by atoms with E-state index < -0.39 is 6.04 Å². The lowest BCUT2D eigenvalue weighted by Crippen LogP contribution is -2.44. The van der Waals surface area contributed by atoms with Crippen LogP contribution in [0.15, 0.2) is 30.3 Å². The normalized spacial score (nSPS) is 21.5. The average molecular weight is 234 g/mol. The molecule has 3 N–H and O–H groups in total. The van der Waals surface area contributed by atoms with Crippen molar-refractivity contribution < 1.29 is 9.90 Å². The lowest BCUT2D eigenvalue weighted by atomic mass is 10.1. The molecule has 1 aliphatic heterocycles. The van der Waals surface area contributed by atoms with E-state index in [1.54, 1.807) is 4.90 Å². The zero-order valence-corrected chi connectivity index (χ0v) is 9.75. The molecule has 1 aliphatic rings. The zero-order valence-electron chi connectivity index (χ0n) is 9.75. The van der Waals surface area contributed by atoms with E-state index in [0.29, 0.717) is 25.9 Å². The molecular weight excluding hydrogens is 216 g/mol. The predicted molar refractivity (Wildman–Crippen MR) is 65.3 cm³/mol. The maximum Gasteiger partial charge on any atom is 0.239 e. The number of carbonyl (C=O) groups excluding carboxylic acids is 1. The van der Waals surface area contributed by atoms with Crippen molar-refractivity contribution in [3.8, 4) is 0 Å². The molecule has 0 radical (unpaired) electrons. The van der Waals surface area contributed by atoms with Crippen LogP contribution in [0.25, 0.3) is 0 Å². The third-order valence-electron chi connectivity index (χ3n) is 3.09. The molecular formula is C13H18N2O2. The first-order valence-corrected chi connectivity index (χ1v) is 5.93. The summed E-state index contributed by atoms with van der Waals surface area (Å²) in [7, 11) is 0. The zero-order chi connectivity index (χ0) is 12.3. The van der Waals surface area contributed by atoms with Crippen molar-refractivity contribution in [1.82, 2.24) is 4.90 Å². The Hall–Kier alpha value is -1.39. The van der Waals surface area contributed by atoms with Crippen molar-refractivity contribution in [1.29, 1.82) is 0 Å². The van der Waals surface area contributed by atoms with Gasteiger partial charge in [0.2, 0.25) is 5.91 Å². The average Bonchev–Trinajstić information content (AvgIpc) is 2.76. The third-order valence-corrected chi connectivity index (χ3v) is 3.09. The van der Waals surface area contributed by atoms with Crippen LogP contribution >= 0.6 is 0 Å². The molecule has 2 rings (SSSR count). The summed E-state index contributed by atoms with van der Waals surface area (Å²) >= 11 is 0. The SMILES string of the molecule is N[C@H](Cc1ccccc1)C(=O)N1CCC(O)C1. The Bertz CT molecular complexity index is 380. The summed E-state index contributed by atoms with van der Waals surface area (Å²) in [6.07, 6.45) is 0.818. The summed E-state index contributed by atoms with van der Waals surface area (Å²) in [5, 5.41) is 9.39. The molecule has 1 unspecified atom stereocenters. The lowest BCUT2D eigenvalue weighted by molar-refractivity contribution is -0.131. The molecule has 0 bridgehead atoms. The highest BCUT2D eigenvalue weighted by Crippen LogP contribution is 2.11. The molecule has 0 aliphatic carbocycles. The van der Waals surface area contributed by atoms with E-state index in [0.717, 1.165) is 5.56 Å². The maximum atomic E-state index is 12.0. The van der Waals surface area contributed by atoms with E-state index in [9.17, 15) is 9.90 Å². The number of hydrogen-bond donors (Lipinski definition) is 2. The van der Waals surface area contributed by atoms with E-state index in [2.05, 4.69) is 0 Å². The minimum Gasteiger partial charge on any atom is -0.391 e. The molecule has 1 aromatic carbocycles. The molecule has 17 heavy (non-hydrogen) atoms. The first-order valence-electron chi connectivity index (χ1n) is 5.93. The van der Waals surface area contributed by atoms with Gasteiger partial charge < -0.3 is 15.7 Å². The number of nitrogens with zero attached hydrogens (tertiary/aromatic N) is 1. The van der Waals surface area contributed by atoms with Gasteiger partial charge in [0.1, 0.15) is 0 Å². The monoisotopic (exact) mass is 234 g/mol. The Morgan fingerprint density at radius 3 is 2.76 bits per heavy atom. The molecule has 2 atom stereocenters. The summed E-state index contributed by atoms with van der Waals surface area (Å²) in [6.45, 7) is 1.03. The molecule has 1 aromatic rings. The van der Waals surface area contributed by atoms with E-state index in [-0.39, 0.29) is 12.0 Å². The van der Waals surface area contributed by atoms with Crippen molar-refractivity contribution >= 4 is 5.91 Å². The summed E-state index contributed by atoms with van der Waals surface area (Å²) in [6, 6.07) is 9.23. The van der Waals surface area contributed by atoms with Crippen molar-refractivity contribution in [2.75, 3.05) is 13.1 Å². The fourth-order valence-corrected chi connectivity index (χ4v) is 2.13. The largest absolute Gasteiger partial charge is 0.391 e. The summed E-state index contributed by atoms with van der Waals surface area (Å²) in [5.41, 5.74) is 6.96. The van der Waals surface area contributed by atoms with Crippen LogP contribution in [0.5, 0.6) is 0 Å². The molecule has 4 nitrogen and oxygen atoms in total. The van der Waals surface area contributed by atoms with Gasteiger partial charge in [-0.2, -0.15) is 0 Å². The predicted octanol–water partition coefficient (Wildman–Crippen LogP) is 0.150. The van der Waals surface area contributed by atoms with Crippen LogP contribution in [0.4, 0.5) is 0 Å². The quantitative estimate of drug-likeness (QED) is 0.782. The highest BCUT2D eigenvalue weighted by molar-refractivity contribution is 5.82. The van der Waals surface area contributed by atoms with Crippen LogP contribution in [-0.4, -0.2) is 41.1 Å². The van der Waals surface area contributed by atoms with Crippen LogP contribution < -0.4 is 5.73 Å². The number of nitrogens with two attached hydrogens (primary N) is 1. The molecule has 92 valence electrons. The van der Waals surface area contributed by atoms with Gasteiger partial charge in [-0.15, -0.1) is 0 Å². The molecule has 1 heterocycles. The molecule has 0 saturated carbocycles. The van der Waals surface area contributed by atoms with Crippen molar-refractivity contribution in [3.05, 3.63) is 35.9 Å². The minimum absolute atomic E-state index is 0.0644. The van der Waals surface area contributed by atoms with Crippen LogP contribution in [0.3, 0.4) is 0 Å². The van der Waals surface area contributed by atoms with E-state index in [1.807, 2.05) is 30.3 Å². The number of β-amino-alcohol motifs (C(OH)–C–C–N with tert-alkyl or cyclic N) is 1. The number of carbonyl (C=O) groups is 1. The van der Waals surface area contributed by atoms with E-state index in [1.165, 1.54) is 0 Å². The number of aliphatic hydroxyl groups excluding tert-OH is 1. The first-order chi connectivity index (χ1) is 8.16. The van der Waals surface area contributed by atoms with Crippen LogP contribution in [0, 0.1) is 0 Å². The molecule has 4 heteroatoms. The van der Waals surface area contributed by atoms with Crippen molar-refractivity contribution in [3.63, 3.8) is 0 Å². The van der Waals surface area contributed by atoms with Crippen molar-refractivity contribution in [2.24, 2.45) is 5.73 Å². The van der Waals surface area contributed by atoms with Crippen molar-refractivity contribution in [2.45, 2.75) is 25.0 Å². The van der Waals surface area contributed by atoms with Gasteiger partial charge in [-0.05, 0) is 18.4 Å². The van der Waals surface area contributed by atoms with Crippen LogP contribution in [0.1, 0.15) is 12.0 Å². The second-order valence-electron chi connectivity index (χ2n) is 4.52. The third kappa shape index (κ3) is 3.05. The number of rotatable bonds is 3. The van der Waals surface area contributed by atoms with Gasteiger partial charge in [0.15, 0.2) is 0 Å². The molecule has 1 saturated heterocycles. The topological polar surface area (TPSA) is 66.6 Å². The molecule has 0 spiro atoms.